The lowest BCUT2D eigenvalue weighted by Crippen LogP contribution is -2.30. The maximum atomic E-state index is 13.1. The number of unbranched alkanes of at least 4 members (excludes halogenated alkanes) is 1. The third kappa shape index (κ3) is 5.46. The molecule has 0 bridgehead atoms. The van der Waals surface area contributed by atoms with Crippen LogP contribution in [0.2, 0.25) is 0 Å². The molecule has 1 aromatic rings. The Morgan fingerprint density at radius 2 is 2.00 bits per heavy atom. The summed E-state index contributed by atoms with van der Waals surface area (Å²) in [6.45, 7) is 4.90. The lowest BCUT2D eigenvalue weighted by Gasteiger charge is -2.19. The number of sulfonamides is 1. The number of anilines is 1. The van der Waals surface area contributed by atoms with E-state index >= 15 is 0 Å². The van der Waals surface area contributed by atoms with Gasteiger partial charge in [0.05, 0.1) is 11.4 Å². The molecule has 0 aliphatic heterocycles. The van der Waals surface area contributed by atoms with Crippen LogP contribution in [0.25, 0.3) is 0 Å². The van der Waals surface area contributed by atoms with Gasteiger partial charge in [-0.2, -0.15) is 0 Å². The standard InChI is InChI=1S/C14H23FN2O2S/c1-12(2)16-9-4-5-10-20(18,19)17(3)14-8-6-7-13(15)11-14/h6-8,11-12,16H,4-5,9-10H2,1-3H3. The predicted molar refractivity (Wildman–Crippen MR) is 81.0 cm³/mol. The van der Waals surface area contributed by atoms with Crippen molar-refractivity contribution in [3.63, 3.8) is 0 Å². The Hall–Kier alpha value is -1.14. The van der Waals surface area contributed by atoms with Crippen LogP contribution in [0.3, 0.4) is 0 Å². The van der Waals surface area contributed by atoms with Crippen molar-refractivity contribution in [3.8, 4) is 0 Å². The highest BCUT2D eigenvalue weighted by atomic mass is 32.2. The van der Waals surface area contributed by atoms with E-state index in [1.54, 1.807) is 6.07 Å². The highest BCUT2D eigenvalue weighted by Crippen LogP contribution is 2.18. The summed E-state index contributed by atoms with van der Waals surface area (Å²) < 4.78 is 38.5. The fourth-order valence-corrected chi connectivity index (χ4v) is 3.05. The van der Waals surface area contributed by atoms with E-state index < -0.39 is 15.8 Å². The number of hydrogen-bond donors (Lipinski definition) is 1. The second-order valence-corrected chi connectivity index (χ2v) is 7.20. The minimum atomic E-state index is -3.39. The molecule has 6 heteroatoms. The average Bonchev–Trinajstić information content (AvgIpc) is 2.37. The first-order chi connectivity index (χ1) is 9.33. The molecule has 0 unspecified atom stereocenters. The second kappa shape index (κ2) is 7.59. The smallest absolute Gasteiger partial charge is 0.234 e. The van der Waals surface area contributed by atoms with Gasteiger partial charge in [0.15, 0.2) is 0 Å². The molecule has 4 nitrogen and oxygen atoms in total. The Balaban J connectivity index is 2.51. The summed E-state index contributed by atoms with van der Waals surface area (Å²) in [5.74, 6) is -0.370. The third-order valence-corrected chi connectivity index (χ3v) is 4.82. The molecule has 0 atom stereocenters. The number of nitrogens with zero attached hydrogens (tertiary/aromatic N) is 1. The van der Waals surface area contributed by atoms with Crippen molar-refractivity contribution in [2.75, 3.05) is 23.7 Å². The Morgan fingerprint density at radius 3 is 2.60 bits per heavy atom. The van der Waals surface area contributed by atoms with E-state index in [1.165, 1.54) is 25.2 Å². The van der Waals surface area contributed by atoms with Gasteiger partial charge >= 0.3 is 0 Å². The van der Waals surface area contributed by atoms with Crippen molar-refractivity contribution in [1.29, 1.82) is 0 Å². The van der Waals surface area contributed by atoms with Gasteiger partial charge in [-0.1, -0.05) is 19.9 Å². The van der Waals surface area contributed by atoms with Gasteiger partial charge in [-0.05, 0) is 37.6 Å². The van der Waals surface area contributed by atoms with E-state index in [4.69, 9.17) is 0 Å². The fourth-order valence-electron chi connectivity index (χ4n) is 1.77. The van der Waals surface area contributed by atoms with Gasteiger partial charge < -0.3 is 5.32 Å². The van der Waals surface area contributed by atoms with Crippen LogP contribution in [0.5, 0.6) is 0 Å². The van der Waals surface area contributed by atoms with Crippen molar-refractivity contribution in [1.82, 2.24) is 5.32 Å². The van der Waals surface area contributed by atoms with Crippen LogP contribution in [0.4, 0.5) is 10.1 Å². The monoisotopic (exact) mass is 302 g/mol. The molecule has 1 rings (SSSR count). The number of halogens is 1. The van der Waals surface area contributed by atoms with Crippen LogP contribution < -0.4 is 9.62 Å². The molecule has 0 radical (unpaired) electrons. The largest absolute Gasteiger partial charge is 0.315 e. The molecule has 114 valence electrons. The number of nitrogens with one attached hydrogen (secondary N) is 1. The summed E-state index contributed by atoms with van der Waals surface area (Å²) in [5.41, 5.74) is 0.352. The highest BCUT2D eigenvalue weighted by Gasteiger charge is 2.18. The molecule has 0 spiro atoms. The van der Waals surface area contributed by atoms with Gasteiger partial charge in [0.2, 0.25) is 10.0 Å². The van der Waals surface area contributed by atoms with Crippen molar-refractivity contribution in [2.24, 2.45) is 0 Å². The van der Waals surface area contributed by atoms with E-state index in [-0.39, 0.29) is 5.75 Å². The molecule has 20 heavy (non-hydrogen) atoms. The zero-order valence-corrected chi connectivity index (χ0v) is 13.1. The lowest BCUT2D eigenvalue weighted by molar-refractivity contribution is 0.559. The summed E-state index contributed by atoms with van der Waals surface area (Å²) in [5, 5.41) is 3.24. The number of hydrogen-bond acceptors (Lipinski definition) is 3. The molecule has 0 saturated carbocycles. The molecule has 1 aromatic carbocycles. The summed E-state index contributed by atoms with van der Waals surface area (Å²) in [6, 6.07) is 6.01. The quantitative estimate of drug-likeness (QED) is 0.750. The second-order valence-electron chi connectivity index (χ2n) is 5.08. The van der Waals surface area contributed by atoms with E-state index in [2.05, 4.69) is 19.2 Å². The first-order valence-electron chi connectivity index (χ1n) is 6.78. The van der Waals surface area contributed by atoms with Crippen LogP contribution in [-0.4, -0.2) is 33.8 Å². The zero-order valence-electron chi connectivity index (χ0n) is 12.3. The molecule has 1 N–H and O–H groups in total. The van der Waals surface area contributed by atoms with Crippen LogP contribution in [0.1, 0.15) is 26.7 Å². The van der Waals surface area contributed by atoms with Gasteiger partial charge in [0.25, 0.3) is 0 Å². The Kier molecular flexibility index (Phi) is 6.42. The Labute approximate surface area is 121 Å². The lowest BCUT2D eigenvalue weighted by atomic mass is 10.3. The van der Waals surface area contributed by atoms with E-state index in [1.807, 2.05) is 0 Å². The normalized spacial score (nSPS) is 11.8. The minimum absolute atomic E-state index is 0.0692. The molecular formula is C14H23FN2O2S. The molecule has 0 aliphatic rings. The predicted octanol–water partition coefficient (Wildman–Crippen LogP) is 2.37. The molecule has 0 heterocycles. The van der Waals surface area contributed by atoms with Gasteiger partial charge in [-0.15, -0.1) is 0 Å². The van der Waals surface area contributed by atoms with Crippen molar-refractivity contribution in [3.05, 3.63) is 30.1 Å². The summed E-state index contributed by atoms with van der Waals surface area (Å²) in [4.78, 5) is 0. The molecule has 0 aromatic heterocycles. The molecule has 0 aliphatic carbocycles. The van der Waals surface area contributed by atoms with Gasteiger partial charge in [0.1, 0.15) is 5.82 Å². The van der Waals surface area contributed by atoms with Crippen molar-refractivity contribution >= 4 is 15.7 Å². The van der Waals surface area contributed by atoms with Crippen LogP contribution in [-0.2, 0) is 10.0 Å². The third-order valence-electron chi connectivity index (χ3n) is 2.97. The summed E-state index contributed by atoms with van der Waals surface area (Å²) in [7, 11) is -1.94. The Bertz CT molecular complexity index is 518. The summed E-state index contributed by atoms with van der Waals surface area (Å²) in [6.07, 6.45) is 1.39. The zero-order chi connectivity index (χ0) is 15.2. The van der Waals surface area contributed by atoms with Crippen LogP contribution >= 0.6 is 0 Å². The first kappa shape index (κ1) is 16.9. The topological polar surface area (TPSA) is 49.4 Å². The highest BCUT2D eigenvalue weighted by molar-refractivity contribution is 7.92. The number of benzene rings is 1. The molecule has 0 amide bonds. The van der Waals surface area contributed by atoms with E-state index in [9.17, 15) is 12.8 Å². The average molecular weight is 302 g/mol. The number of rotatable bonds is 8. The molecule has 0 saturated heterocycles. The molecular weight excluding hydrogens is 279 g/mol. The van der Waals surface area contributed by atoms with Crippen molar-refractivity contribution < 1.29 is 12.8 Å². The first-order valence-corrected chi connectivity index (χ1v) is 8.39. The van der Waals surface area contributed by atoms with E-state index in [0.717, 1.165) is 17.3 Å². The van der Waals surface area contributed by atoms with Gasteiger partial charge in [-0.25, -0.2) is 12.8 Å². The SMILES string of the molecule is CC(C)NCCCCS(=O)(=O)N(C)c1cccc(F)c1. The van der Waals surface area contributed by atoms with Crippen LogP contribution in [0, 0.1) is 5.82 Å². The van der Waals surface area contributed by atoms with Gasteiger partial charge in [-0.3, -0.25) is 4.31 Å². The van der Waals surface area contributed by atoms with E-state index in [0.29, 0.717) is 18.2 Å². The summed E-state index contributed by atoms with van der Waals surface area (Å²) >= 11 is 0. The molecule has 0 fully saturated rings. The fraction of sp³-hybridized carbons (Fsp3) is 0.571. The maximum absolute atomic E-state index is 13.1. The minimum Gasteiger partial charge on any atom is -0.315 e. The maximum Gasteiger partial charge on any atom is 0.234 e. The Morgan fingerprint density at radius 1 is 1.30 bits per heavy atom. The van der Waals surface area contributed by atoms with Gasteiger partial charge in [0, 0.05) is 13.1 Å². The van der Waals surface area contributed by atoms with Crippen molar-refractivity contribution in [2.45, 2.75) is 32.7 Å². The van der Waals surface area contributed by atoms with Crippen LogP contribution in [0.15, 0.2) is 24.3 Å².